The Bertz CT molecular complexity index is 2370. The maximum absolute atomic E-state index is 13.6. The summed E-state index contributed by atoms with van der Waals surface area (Å²) in [6.07, 6.45) is 10.4. The highest BCUT2D eigenvalue weighted by molar-refractivity contribution is 7.22. The van der Waals surface area contributed by atoms with Crippen LogP contribution in [0.25, 0.3) is 21.3 Å². The van der Waals surface area contributed by atoms with Gasteiger partial charge in [0.1, 0.15) is 5.82 Å². The number of anilines is 2. The van der Waals surface area contributed by atoms with E-state index in [2.05, 4.69) is 49.6 Å². The Labute approximate surface area is 330 Å². The number of nitrogens with one attached hydrogen (secondary N) is 1. The van der Waals surface area contributed by atoms with E-state index in [0.29, 0.717) is 46.3 Å². The number of amides is 1. The van der Waals surface area contributed by atoms with Gasteiger partial charge in [-0.15, -0.1) is 0 Å². The number of pyridine rings is 2. The van der Waals surface area contributed by atoms with Gasteiger partial charge in [0.05, 0.1) is 51.7 Å². The first-order chi connectivity index (χ1) is 26.4. The molecule has 4 aliphatic carbocycles. The molecule has 56 heavy (non-hydrogen) atoms. The number of para-hydroxylation sites is 1. The van der Waals surface area contributed by atoms with E-state index in [1.54, 1.807) is 12.3 Å². The quantitative estimate of drug-likeness (QED) is 0.106. The minimum atomic E-state index is -1.13. The second kappa shape index (κ2) is 12.6. The topological polar surface area (TPSA) is 147 Å². The Balaban J connectivity index is 0.984. The fourth-order valence-corrected chi connectivity index (χ4v) is 12.9. The first-order valence-corrected chi connectivity index (χ1v) is 20.4. The Morgan fingerprint density at radius 3 is 2.45 bits per heavy atom. The lowest BCUT2D eigenvalue weighted by atomic mass is 9.39. The van der Waals surface area contributed by atoms with Crippen LogP contribution in [0.15, 0.2) is 54.9 Å². The van der Waals surface area contributed by atoms with Gasteiger partial charge in [-0.05, 0) is 107 Å². The summed E-state index contributed by atoms with van der Waals surface area (Å²) in [5.74, 6) is -0.982. The number of hydrogen-bond donors (Lipinski definition) is 3. The minimum absolute atomic E-state index is 0.0384. The number of carboxylic acid groups (broad SMARTS) is 1. The molecule has 4 aromatic heterocycles. The number of carbonyl (C=O) groups is 2. The van der Waals surface area contributed by atoms with E-state index in [-0.39, 0.29) is 45.6 Å². The average Bonchev–Trinajstić information content (AvgIpc) is 3.66. The van der Waals surface area contributed by atoms with Crippen molar-refractivity contribution in [2.24, 2.45) is 16.2 Å². The number of hydrogen-bond acceptors (Lipinski definition) is 9. The zero-order valence-corrected chi connectivity index (χ0v) is 33.8. The van der Waals surface area contributed by atoms with Crippen LogP contribution < -0.4 is 14.9 Å². The Hall–Kier alpha value is -4.88. The summed E-state index contributed by atoms with van der Waals surface area (Å²) >= 11 is 1.39. The van der Waals surface area contributed by atoms with E-state index < -0.39 is 5.97 Å². The van der Waals surface area contributed by atoms with Gasteiger partial charge in [-0.25, -0.2) is 14.8 Å². The number of nitrogens with zero attached hydrogens (tertiary/aromatic N) is 6. The van der Waals surface area contributed by atoms with E-state index in [4.69, 9.17) is 14.8 Å². The Morgan fingerprint density at radius 1 is 0.982 bits per heavy atom. The summed E-state index contributed by atoms with van der Waals surface area (Å²) in [5, 5.41) is 29.6. The van der Waals surface area contributed by atoms with Gasteiger partial charge < -0.3 is 14.7 Å². The molecule has 1 aromatic carbocycles. The molecular formula is C43H50N7O5S+. The molecule has 292 valence electrons. The molecule has 12 nitrogen and oxygen atoms in total. The van der Waals surface area contributed by atoms with Crippen molar-refractivity contribution < 1.29 is 29.4 Å². The molecule has 13 heteroatoms. The molecule has 10 rings (SSSR count). The van der Waals surface area contributed by atoms with Gasteiger partial charge in [0.15, 0.2) is 10.8 Å². The number of carboxylic acids is 1. The lowest BCUT2D eigenvalue weighted by Gasteiger charge is -2.70. The molecule has 3 N–H and O–H groups in total. The van der Waals surface area contributed by atoms with Crippen molar-refractivity contribution >= 4 is 44.4 Å². The molecule has 5 heterocycles. The van der Waals surface area contributed by atoms with Crippen LogP contribution in [0.2, 0.25) is 0 Å². The van der Waals surface area contributed by atoms with Gasteiger partial charge in [0.25, 0.3) is 5.91 Å². The van der Waals surface area contributed by atoms with Crippen molar-refractivity contribution in [1.82, 2.24) is 19.7 Å². The molecule has 5 aromatic rings. The number of ether oxygens (including phenoxy) is 1. The predicted molar refractivity (Wildman–Crippen MR) is 213 cm³/mol. The zero-order chi connectivity index (χ0) is 39.4. The summed E-state index contributed by atoms with van der Waals surface area (Å²) in [6, 6.07) is 13.0. The maximum atomic E-state index is 13.6. The standard InChI is InChI=1S/C43H49N7O5S/c1-26-29(17-44-49(26)25-42-20-40(5)19-41(6,21-42)23-43(22-40,24-42)55-39(2,3)4)27-11-12-34(46-35(27)37(52)53)48-15-14-32-30(18-48)28(13-16-50(32)54)36(51)47-38-45-31-9-7-8-10-33(31)56-38/h7-13,16-17H,14-15,18-25H2,1-6H3,(H2-,45,47,51,52,53,54)/p+1. The maximum Gasteiger partial charge on any atom is 0.355 e. The summed E-state index contributed by atoms with van der Waals surface area (Å²) in [7, 11) is 0. The number of thiazole rings is 1. The Kier molecular flexibility index (Phi) is 8.24. The van der Waals surface area contributed by atoms with Crippen LogP contribution in [0.4, 0.5) is 10.9 Å². The fraction of sp³-hybridized carbons (Fsp3) is 0.488. The summed E-state index contributed by atoms with van der Waals surface area (Å²) in [5.41, 5.74) is 4.69. The normalized spacial score (nSPS) is 26.8. The van der Waals surface area contributed by atoms with Crippen molar-refractivity contribution in [3.05, 3.63) is 83.1 Å². The van der Waals surface area contributed by atoms with E-state index >= 15 is 0 Å². The summed E-state index contributed by atoms with van der Waals surface area (Å²) < 4.78 is 11.1. The second-order valence-corrected chi connectivity index (χ2v) is 19.9. The number of aromatic carboxylic acids is 1. The number of fused-ring (bicyclic) bond motifs is 2. The predicted octanol–water partition coefficient (Wildman–Crippen LogP) is 7.84. The molecule has 2 atom stereocenters. The van der Waals surface area contributed by atoms with Gasteiger partial charge >= 0.3 is 5.97 Å². The number of benzene rings is 1. The molecule has 0 saturated heterocycles. The summed E-state index contributed by atoms with van der Waals surface area (Å²) in [6.45, 7) is 14.9. The third-order valence-electron chi connectivity index (χ3n) is 12.5. The molecule has 2 unspecified atom stereocenters. The third-order valence-corrected chi connectivity index (χ3v) is 13.5. The van der Waals surface area contributed by atoms with Gasteiger partial charge in [-0.3, -0.25) is 20.0 Å². The molecule has 5 aliphatic rings. The summed E-state index contributed by atoms with van der Waals surface area (Å²) in [4.78, 5) is 37.7. The van der Waals surface area contributed by atoms with Crippen LogP contribution in [0, 0.1) is 23.2 Å². The molecular weight excluding hydrogens is 727 g/mol. The highest BCUT2D eigenvalue weighted by Gasteiger charge is 2.66. The largest absolute Gasteiger partial charge is 0.476 e. The van der Waals surface area contributed by atoms with E-state index in [1.807, 2.05) is 48.2 Å². The minimum Gasteiger partial charge on any atom is -0.476 e. The van der Waals surface area contributed by atoms with Crippen LogP contribution >= 0.6 is 11.3 Å². The smallest absolute Gasteiger partial charge is 0.355 e. The van der Waals surface area contributed by atoms with Crippen molar-refractivity contribution in [2.45, 2.75) is 111 Å². The molecule has 4 saturated carbocycles. The van der Waals surface area contributed by atoms with Crippen molar-refractivity contribution in [3.8, 4) is 11.1 Å². The highest BCUT2D eigenvalue weighted by Crippen LogP contribution is 2.72. The van der Waals surface area contributed by atoms with Crippen molar-refractivity contribution in [3.63, 3.8) is 0 Å². The first-order valence-electron chi connectivity index (χ1n) is 19.6. The Morgan fingerprint density at radius 2 is 1.73 bits per heavy atom. The lowest BCUT2D eigenvalue weighted by Crippen LogP contribution is -2.65. The van der Waals surface area contributed by atoms with Gasteiger partial charge in [-0.1, -0.05) is 37.3 Å². The molecule has 1 amide bonds. The number of aromatic nitrogens is 5. The molecule has 0 radical (unpaired) electrons. The molecule has 4 fully saturated rings. The second-order valence-electron chi connectivity index (χ2n) is 18.9. The SMILES string of the molecule is Cc1c(-c2ccc(N3CCc4c(c(C(=O)Nc5nc6ccccc6s5)cc[n+]4O)C3)nc2C(=O)O)cnn1CC12CC3(C)CC(C)(C1)CC(OC(C)(C)C)(C3)C2. The van der Waals surface area contributed by atoms with Gasteiger partial charge in [-0.2, -0.15) is 5.10 Å². The molecule has 0 spiro atoms. The zero-order valence-electron chi connectivity index (χ0n) is 33.0. The van der Waals surface area contributed by atoms with Gasteiger partial charge in [0.2, 0.25) is 11.9 Å². The number of carbonyl (C=O) groups excluding carboxylic acids is 1. The van der Waals surface area contributed by atoms with E-state index in [0.717, 1.165) is 64.9 Å². The third kappa shape index (κ3) is 6.42. The van der Waals surface area contributed by atoms with Crippen LogP contribution in [0.3, 0.4) is 0 Å². The number of rotatable bonds is 8. The first kappa shape index (κ1) is 36.7. The molecule has 4 bridgehead atoms. The monoisotopic (exact) mass is 776 g/mol. The van der Waals surface area contributed by atoms with Crippen molar-refractivity contribution in [1.29, 1.82) is 0 Å². The van der Waals surface area contributed by atoms with E-state index in [1.165, 1.54) is 24.0 Å². The van der Waals surface area contributed by atoms with Crippen LogP contribution in [-0.2, 0) is 24.2 Å². The molecule has 1 aliphatic heterocycles. The van der Waals surface area contributed by atoms with E-state index in [9.17, 15) is 19.9 Å². The van der Waals surface area contributed by atoms with Crippen LogP contribution in [-0.4, -0.2) is 59.7 Å². The lowest BCUT2D eigenvalue weighted by molar-refractivity contribution is -0.910. The van der Waals surface area contributed by atoms with Crippen LogP contribution in [0.5, 0.6) is 0 Å². The van der Waals surface area contributed by atoms with Crippen molar-refractivity contribution in [2.75, 3.05) is 16.8 Å². The van der Waals surface area contributed by atoms with Gasteiger partial charge in [0, 0.05) is 40.7 Å². The average molecular weight is 777 g/mol. The fourth-order valence-electron chi connectivity index (χ4n) is 12.0. The highest BCUT2D eigenvalue weighted by atomic mass is 32.1. The van der Waals surface area contributed by atoms with Crippen LogP contribution in [0.1, 0.15) is 111 Å².